The molecule has 1 heterocycles. The van der Waals surface area contributed by atoms with Gasteiger partial charge in [-0.1, -0.05) is 0 Å². The van der Waals surface area contributed by atoms with Gasteiger partial charge in [0, 0.05) is 12.0 Å². The molecule has 1 atom stereocenters. The number of aryl methyl sites for hydroxylation is 1. The van der Waals surface area contributed by atoms with Crippen molar-refractivity contribution in [3.63, 3.8) is 0 Å². The highest BCUT2D eigenvalue weighted by Crippen LogP contribution is 2.32. The van der Waals surface area contributed by atoms with Crippen LogP contribution in [0.2, 0.25) is 0 Å². The van der Waals surface area contributed by atoms with Crippen molar-refractivity contribution in [2.45, 2.75) is 32.5 Å². The summed E-state index contributed by atoms with van der Waals surface area (Å²) in [5, 5.41) is 12.0. The fraction of sp³-hybridized carbons (Fsp3) is 0.600. The molecule has 1 unspecified atom stereocenters. The van der Waals surface area contributed by atoms with Gasteiger partial charge in [0.05, 0.1) is 5.60 Å². The van der Waals surface area contributed by atoms with Gasteiger partial charge in [-0.2, -0.15) is 0 Å². The summed E-state index contributed by atoms with van der Waals surface area (Å²) in [6.45, 7) is 5.78. The zero-order chi connectivity index (χ0) is 10.1. The number of aliphatic hydroxyl groups is 1. The zero-order valence-electron chi connectivity index (χ0n) is 8.50. The Hall–Kier alpha value is -0.380. The first kappa shape index (κ1) is 10.7. The minimum atomic E-state index is -0.552. The van der Waals surface area contributed by atoms with Crippen LogP contribution in [0.15, 0.2) is 11.4 Å². The van der Waals surface area contributed by atoms with Gasteiger partial charge in [-0.3, -0.25) is 0 Å². The maximum atomic E-state index is 10.00. The van der Waals surface area contributed by atoms with Crippen molar-refractivity contribution < 1.29 is 9.84 Å². The van der Waals surface area contributed by atoms with Crippen molar-refractivity contribution >= 4 is 11.3 Å². The van der Waals surface area contributed by atoms with E-state index in [1.165, 1.54) is 0 Å². The number of hydrogen-bond donors (Lipinski definition) is 1. The van der Waals surface area contributed by atoms with Gasteiger partial charge in [-0.05, 0) is 37.8 Å². The molecule has 1 aromatic rings. The summed E-state index contributed by atoms with van der Waals surface area (Å²) in [6, 6.07) is 1.95. The van der Waals surface area contributed by atoms with E-state index in [1.807, 2.05) is 32.2 Å². The molecule has 1 rings (SSSR count). The quantitative estimate of drug-likeness (QED) is 0.812. The van der Waals surface area contributed by atoms with Crippen LogP contribution in [-0.4, -0.2) is 17.8 Å². The minimum Gasteiger partial charge on any atom is -0.385 e. The van der Waals surface area contributed by atoms with Crippen molar-refractivity contribution in [2.75, 3.05) is 7.11 Å². The first-order valence-electron chi connectivity index (χ1n) is 4.26. The highest BCUT2D eigenvalue weighted by atomic mass is 32.1. The van der Waals surface area contributed by atoms with E-state index >= 15 is 0 Å². The van der Waals surface area contributed by atoms with E-state index in [0.29, 0.717) is 0 Å². The van der Waals surface area contributed by atoms with E-state index in [1.54, 1.807) is 18.4 Å². The molecule has 0 amide bonds. The van der Waals surface area contributed by atoms with Gasteiger partial charge >= 0.3 is 0 Å². The second-order valence-electron chi connectivity index (χ2n) is 3.64. The normalized spacial score (nSPS) is 14.5. The third-order valence-corrected chi connectivity index (χ3v) is 3.24. The Morgan fingerprint density at radius 1 is 1.54 bits per heavy atom. The Morgan fingerprint density at radius 3 is 2.54 bits per heavy atom. The summed E-state index contributed by atoms with van der Waals surface area (Å²) in [6.07, 6.45) is -0.552. The van der Waals surface area contributed by atoms with Gasteiger partial charge in [-0.25, -0.2) is 0 Å². The average molecular weight is 200 g/mol. The Morgan fingerprint density at radius 2 is 2.15 bits per heavy atom. The lowest BCUT2D eigenvalue weighted by Gasteiger charge is -2.29. The van der Waals surface area contributed by atoms with Gasteiger partial charge < -0.3 is 9.84 Å². The predicted molar refractivity (Wildman–Crippen MR) is 55.1 cm³/mol. The van der Waals surface area contributed by atoms with Gasteiger partial charge in [0.25, 0.3) is 0 Å². The van der Waals surface area contributed by atoms with Crippen molar-refractivity contribution in [2.24, 2.45) is 0 Å². The van der Waals surface area contributed by atoms with E-state index in [-0.39, 0.29) is 0 Å². The van der Waals surface area contributed by atoms with Crippen LogP contribution in [0.5, 0.6) is 0 Å². The number of rotatable bonds is 3. The molecular weight excluding hydrogens is 184 g/mol. The molecule has 2 nitrogen and oxygen atoms in total. The summed E-state index contributed by atoms with van der Waals surface area (Å²) in [5.41, 5.74) is 0.447. The predicted octanol–water partition coefficient (Wildman–Crippen LogP) is 2.51. The van der Waals surface area contributed by atoms with Gasteiger partial charge in [-0.15, -0.1) is 11.3 Å². The van der Waals surface area contributed by atoms with Crippen LogP contribution in [0.1, 0.15) is 30.4 Å². The maximum absolute atomic E-state index is 10.00. The average Bonchev–Trinajstić information content (AvgIpc) is 2.50. The maximum Gasteiger partial charge on any atom is 0.108 e. The van der Waals surface area contributed by atoms with Crippen molar-refractivity contribution in [1.82, 2.24) is 0 Å². The van der Waals surface area contributed by atoms with E-state index in [4.69, 9.17) is 4.74 Å². The monoisotopic (exact) mass is 200 g/mol. The summed E-state index contributed by atoms with van der Waals surface area (Å²) >= 11 is 1.64. The molecule has 0 aliphatic rings. The van der Waals surface area contributed by atoms with E-state index in [2.05, 4.69) is 0 Å². The molecule has 0 fully saturated rings. The number of thiophene rings is 1. The summed E-state index contributed by atoms with van der Waals surface area (Å²) in [4.78, 5) is 1.15. The SMILES string of the molecule is COC(C)(C)C(O)c1ccsc1C. The van der Waals surface area contributed by atoms with E-state index < -0.39 is 11.7 Å². The molecule has 0 saturated carbocycles. The largest absolute Gasteiger partial charge is 0.385 e. The van der Waals surface area contributed by atoms with Crippen LogP contribution >= 0.6 is 11.3 Å². The number of aliphatic hydroxyl groups excluding tert-OH is 1. The van der Waals surface area contributed by atoms with Crippen molar-refractivity contribution in [1.29, 1.82) is 0 Å². The van der Waals surface area contributed by atoms with Gasteiger partial charge in [0.1, 0.15) is 6.10 Å². The topological polar surface area (TPSA) is 29.5 Å². The third-order valence-electron chi connectivity index (χ3n) is 2.38. The van der Waals surface area contributed by atoms with Gasteiger partial charge in [0.2, 0.25) is 0 Å². The zero-order valence-corrected chi connectivity index (χ0v) is 9.31. The van der Waals surface area contributed by atoms with E-state index in [0.717, 1.165) is 10.4 Å². The fourth-order valence-electron chi connectivity index (χ4n) is 1.16. The summed E-state index contributed by atoms with van der Waals surface area (Å²) < 4.78 is 5.23. The molecule has 1 N–H and O–H groups in total. The first-order chi connectivity index (χ1) is 5.99. The lowest BCUT2D eigenvalue weighted by atomic mass is 9.95. The fourth-order valence-corrected chi connectivity index (χ4v) is 1.90. The highest BCUT2D eigenvalue weighted by Gasteiger charge is 2.30. The van der Waals surface area contributed by atoms with Crippen LogP contribution in [0.25, 0.3) is 0 Å². The lowest BCUT2D eigenvalue weighted by Crippen LogP contribution is -2.31. The molecule has 0 saturated heterocycles. The molecule has 0 aliphatic carbocycles. The molecule has 1 aromatic heterocycles. The Balaban J connectivity index is 2.91. The number of ether oxygens (including phenoxy) is 1. The molecule has 0 aromatic carbocycles. The summed E-state index contributed by atoms with van der Waals surface area (Å²) in [7, 11) is 1.62. The molecule has 74 valence electrons. The lowest BCUT2D eigenvalue weighted by molar-refractivity contribution is -0.0793. The van der Waals surface area contributed by atoms with Crippen LogP contribution in [0, 0.1) is 6.92 Å². The highest BCUT2D eigenvalue weighted by molar-refractivity contribution is 7.10. The van der Waals surface area contributed by atoms with Crippen LogP contribution < -0.4 is 0 Å². The second kappa shape index (κ2) is 3.78. The van der Waals surface area contributed by atoms with Gasteiger partial charge in [0.15, 0.2) is 0 Å². The molecular formula is C10H16O2S. The molecule has 0 spiro atoms. The molecule has 0 bridgehead atoms. The van der Waals surface area contributed by atoms with Crippen LogP contribution in [-0.2, 0) is 4.74 Å². The standard InChI is InChI=1S/C10H16O2S/c1-7-8(5-6-13-7)9(11)10(2,3)12-4/h5-6,9,11H,1-4H3. The molecule has 3 heteroatoms. The van der Waals surface area contributed by atoms with Crippen LogP contribution in [0.3, 0.4) is 0 Å². The Labute approximate surface area is 83.2 Å². The third kappa shape index (κ3) is 2.10. The second-order valence-corrected chi connectivity index (χ2v) is 4.76. The Kier molecular flexibility index (Phi) is 3.11. The number of hydrogen-bond acceptors (Lipinski definition) is 3. The molecule has 13 heavy (non-hydrogen) atoms. The smallest absolute Gasteiger partial charge is 0.108 e. The first-order valence-corrected chi connectivity index (χ1v) is 5.14. The van der Waals surface area contributed by atoms with Crippen molar-refractivity contribution in [3.8, 4) is 0 Å². The molecule has 0 radical (unpaired) electrons. The minimum absolute atomic E-state index is 0.522. The number of methoxy groups -OCH3 is 1. The van der Waals surface area contributed by atoms with Crippen LogP contribution in [0.4, 0.5) is 0 Å². The molecule has 0 aliphatic heterocycles. The Bertz CT molecular complexity index is 278. The summed E-state index contributed by atoms with van der Waals surface area (Å²) in [5.74, 6) is 0. The van der Waals surface area contributed by atoms with E-state index in [9.17, 15) is 5.11 Å². The van der Waals surface area contributed by atoms with Crippen molar-refractivity contribution in [3.05, 3.63) is 21.9 Å².